The lowest BCUT2D eigenvalue weighted by Crippen LogP contribution is -2.52. The zero-order valence-electron chi connectivity index (χ0n) is 11.3. The van der Waals surface area contributed by atoms with E-state index in [1.807, 2.05) is 7.05 Å². The van der Waals surface area contributed by atoms with Crippen LogP contribution >= 0.6 is 0 Å². The van der Waals surface area contributed by atoms with E-state index in [1.54, 1.807) is 24.1 Å². The van der Waals surface area contributed by atoms with E-state index in [9.17, 15) is 8.42 Å². The average Bonchev–Trinajstić information content (AvgIpc) is 2.35. The number of anilines is 1. The first kappa shape index (κ1) is 14.3. The molecule has 1 saturated heterocycles. The van der Waals surface area contributed by atoms with Crippen molar-refractivity contribution in [2.75, 3.05) is 39.0 Å². The zero-order valence-corrected chi connectivity index (χ0v) is 12.1. The molecule has 0 unspecified atom stereocenters. The Morgan fingerprint density at radius 2 is 1.84 bits per heavy atom. The SMILES string of the molecule is Cc1cc(S(=O)(=O)NN2CCN(C)CC2)ccc1N. The molecule has 1 fully saturated rings. The second-order valence-corrected chi connectivity index (χ2v) is 6.56. The van der Waals surface area contributed by atoms with Crippen LogP contribution in [0.1, 0.15) is 5.56 Å². The van der Waals surface area contributed by atoms with E-state index in [4.69, 9.17) is 5.73 Å². The molecule has 0 bridgehead atoms. The summed E-state index contributed by atoms with van der Waals surface area (Å²) in [7, 11) is -1.49. The molecule has 2 rings (SSSR count). The van der Waals surface area contributed by atoms with Gasteiger partial charge in [-0.1, -0.05) is 0 Å². The first-order valence-corrected chi connectivity index (χ1v) is 7.69. The largest absolute Gasteiger partial charge is 0.399 e. The number of likely N-dealkylation sites (N-methyl/N-ethyl adjacent to an activating group) is 1. The molecule has 6 nitrogen and oxygen atoms in total. The fourth-order valence-electron chi connectivity index (χ4n) is 1.94. The molecule has 0 amide bonds. The van der Waals surface area contributed by atoms with Crippen LogP contribution in [-0.4, -0.2) is 51.6 Å². The number of benzene rings is 1. The second-order valence-electron chi connectivity index (χ2n) is 4.90. The molecule has 1 aromatic carbocycles. The predicted octanol–water partition coefficient (Wildman–Crippen LogP) is 0.0179. The van der Waals surface area contributed by atoms with Crippen LogP contribution in [0.25, 0.3) is 0 Å². The van der Waals surface area contributed by atoms with Gasteiger partial charge in [-0.3, -0.25) is 0 Å². The number of sulfonamides is 1. The van der Waals surface area contributed by atoms with E-state index < -0.39 is 10.0 Å². The molecule has 7 heteroatoms. The molecule has 0 atom stereocenters. The lowest BCUT2D eigenvalue weighted by Gasteiger charge is -2.32. The Morgan fingerprint density at radius 1 is 1.21 bits per heavy atom. The fourth-order valence-corrected chi connectivity index (χ4v) is 3.14. The number of piperazine rings is 1. The monoisotopic (exact) mass is 284 g/mol. The third-order valence-electron chi connectivity index (χ3n) is 3.30. The van der Waals surface area contributed by atoms with E-state index >= 15 is 0 Å². The molecule has 3 N–H and O–H groups in total. The van der Waals surface area contributed by atoms with Crippen LogP contribution in [-0.2, 0) is 10.0 Å². The van der Waals surface area contributed by atoms with E-state index in [0.717, 1.165) is 18.7 Å². The zero-order chi connectivity index (χ0) is 14.0. The Kier molecular flexibility index (Phi) is 4.10. The van der Waals surface area contributed by atoms with Gasteiger partial charge in [-0.15, -0.1) is 4.83 Å². The van der Waals surface area contributed by atoms with Crippen LogP contribution in [0.2, 0.25) is 0 Å². The topological polar surface area (TPSA) is 78.7 Å². The van der Waals surface area contributed by atoms with Crippen LogP contribution in [0, 0.1) is 6.92 Å². The summed E-state index contributed by atoms with van der Waals surface area (Å²) in [6, 6.07) is 4.74. The molecule has 1 heterocycles. The number of rotatable bonds is 3. The van der Waals surface area contributed by atoms with Crippen LogP contribution in [0.15, 0.2) is 23.1 Å². The summed E-state index contributed by atoms with van der Waals surface area (Å²) in [4.78, 5) is 5.03. The van der Waals surface area contributed by atoms with Gasteiger partial charge in [0.25, 0.3) is 10.0 Å². The summed E-state index contributed by atoms with van der Waals surface area (Å²) in [5.74, 6) is 0. The minimum atomic E-state index is -3.51. The maximum Gasteiger partial charge on any atom is 0.253 e. The number of nitrogen functional groups attached to an aromatic ring is 1. The first-order chi connectivity index (χ1) is 8.88. The molecule has 0 aliphatic carbocycles. The highest BCUT2D eigenvalue weighted by Crippen LogP contribution is 2.17. The van der Waals surface area contributed by atoms with Crippen molar-refractivity contribution in [2.45, 2.75) is 11.8 Å². The normalized spacial score (nSPS) is 18.6. The summed E-state index contributed by atoms with van der Waals surface area (Å²) in [5.41, 5.74) is 7.06. The quantitative estimate of drug-likeness (QED) is 0.765. The van der Waals surface area contributed by atoms with Crippen molar-refractivity contribution in [3.05, 3.63) is 23.8 Å². The summed E-state index contributed by atoms with van der Waals surface area (Å²) < 4.78 is 24.5. The Labute approximate surface area is 114 Å². The molecular formula is C12H20N4O2S. The number of nitrogens with one attached hydrogen (secondary N) is 1. The highest BCUT2D eigenvalue weighted by molar-refractivity contribution is 7.89. The Balaban J connectivity index is 2.11. The van der Waals surface area contributed by atoms with E-state index in [1.165, 1.54) is 6.07 Å². The Hall–Kier alpha value is -1.15. The van der Waals surface area contributed by atoms with Crippen molar-refractivity contribution in [1.29, 1.82) is 0 Å². The molecule has 19 heavy (non-hydrogen) atoms. The average molecular weight is 284 g/mol. The second kappa shape index (κ2) is 5.46. The van der Waals surface area contributed by atoms with E-state index in [-0.39, 0.29) is 4.90 Å². The third kappa shape index (κ3) is 3.44. The molecule has 0 saturated carbocycles. The summed E-state index contributed by atoms with van der Waals surface area (Å²) in [6.45, 7) is 4.87. The van der Waals surface area contributed by atoms with Gasteiger partial charge in [-0.25, -0.2) is 13.4 Å². The summed E-state index contributed by atoms with van der Waals surface area (Å²) in [6.07, 6.45) is 0. The van der Waals surface area contributed by atoms with E-state index in [2.05, 4.69) is 9.73 Å². The molecule has 1 aliphatic heterocycles. The lowest BCUT2D eigenvalue weighted by molar-refractivity contribution is 0.135. The van der Waals surface area contributed by atoms with Gasteiger partial charge in [0.05, 0.1) is 4.90 Å². The van der Waals surface area contributed by atoms with Gasteiger partial charge in [-0.05, 0) is 37.7 Å². The van der Waals surface area contributed by atoms with Crippen LogP contribution in [0.5, 0.6) is 0 Å². The van der Waals surface area contributed by atoms with Gasteiger partial charge in [0.2, 0.25) is 0 Å². The van der Waals surface area contributed by atoms with Crippen molar-refractivity contribution >= 4 is 15.7 Å². The van der Waals surface area contributed by atoms with Gasteiger partial charge >= 0.3 is 0 Å². The number of hydrogen-bond donors (Lipinski definition) is 2. The van der Waals surface area contributed by atoms with Crippen LogP contribution in [0.3, 0.4) is 0 Å². The van der Waals surface area contributed by atoms with Gasteiger partial charge in [0.15, 0.2) is 0 Å². The molecule has 106 valence electrons. The summed E-state index contributed by atoms with van der Waals surface area (Å²) >= 11 is 0. The van der Waals surface area contributed by atoms with Crippen molar-refractivity contribution in [3.63, 3.8) is 0 Å². The Morgan fingerprint density at radius 3 is 2.42 bits per heavy atom. The molecular weight excluding hydrogens is 264 g/mol. The van der Waals surface area contributed by atoms with Crippen molar-refractivity contribution < 1.29 is 8.42 Å². The number of hydrogen-bond acceptors (Lipinski definition) is 5. The minimum Gasteiger partial charge on any atom is -0.399 e. The third-order valence-corrected chi connectivity index (χ3v) is 4.68. The maximum absolute atomic E-state index is 12.2. The minimum absolute atomic E-state index is 0.248. The van der Waals surface area contributed by atoms with Crippen molar-refractivity contribution in [1.82, 2.24) is 14.7 Å². The lowest BCUT2D eigenvalue weighted by atomic mass is 10.2. The number of nitrogens with two attached hydrogens (primary N) is 1. The smallest absolute Gasteiger partial charge is 0.253 e. The van der Waals surface area contributed by atoms with Crippen LogP contribution < -0.4 is 10.6 Å². The highest BCUT2D eigenvalue weighted by Gasteiger charge is 2.21. The van der Waals surface area contributed by atoms with Crippen molar-refractivity contribution in [3.8, 4) is 0 Å². The first-order valence-electron chi connectivity index (χ1n) is 6.20. The van der Waals surface area contributed by atoms with Crippen molar-refractivity contribution in [2.24, 2.45) is 0 Å². The standard InChI is InChI=1S/C12H20N4O2S/c1-10-9-11(3-4-12(10)13)19(17,18)14-16-7-5-15(2)6-8-16/h3-4,9,14H,5-8,13H2,1-2H3. The van der Waals surface area contributed by atoms with Gasteiger partial charge in [0.1, 0.15) is 0 Å². The van der Waals surface area contributed by atoms with Gasteiger partial charge < -0.3 is 10.6 Å². The predicted molar refractivity (Wildman–Crippen MR) is 75.0 cm³/mol. The maximum atomic E-state index is 12.2. The molecule has 0 aromatic heterocycles. The van der Waals surface area contributed by atoms with E-state index in [0.29, 0.717) is 18.8 Å². The highest BCUT2D eigenvalue weighted by atomic mass is 32.2. The number of aryl methyl sites for hydroxylation is 1. The molecule has 1 aliphatic rings. The van der Waals surface area contributed by atoms with Gasteiger partial charge in [-0.2, -0.15) is 0 Å². The Bertz CT molecular complexity index is 551. The fraction of sp³-hybridized carbons (Fsp3) is 0.500. The molecule has 0 spiro atoms. The van der Waals surface area contributed by atoms with Crippen LogP contribution in [0.4, 0.5) is 5.69 Å². The number of nitrogens with zero attached hydrogens (tertiary/aromatic N) is 2. The van der Waals surface area contributed by atoms with Gasteiger partial charge in [0, 0.05) is 31.9 Å². The summed E-state index contributed by atoms with van der Waals surface area (Å²) in [5, 5.41) is 1.74. The molecule has 1 aromatic rings. The molecule has 0 radical (unpaired) electrons. The number of hydrazine groups is 1.